The second-order valence-corrected chi connectivity index (χ2v) is 10.2. The lowest BCUT2D eigenvalue weighted by atomic mass is 9.89. The molecular formula is C25H34N2. The van der Waals surface area contributed by atoms with Gasteiger partial charge in [-0.05, 0) is 22.0 Å². The number of hydrogen-bond donors (Lipinski definition) is 0. The van der Waals surface area contributed by atoms with E-state index in [0.717, 1.165) is 13.1 Å². The second-order valence-electron chi connectivity index (χ2n) is 10.2. The highest BCUT2D eigenvalue weighted by molar-refractivity contribution is 5.30. The van der Waals surface area contributed by atoms with E-state index >= 15 is 0 Å². The van der Waals surface area contributed by atoms with Crippen molar-refractivity contribution in [3.63, 3.8) is 0 Å². The maximum atomic E-state index is 3.77. The number of rotatable bonds is 4. The predicted molar refractivity (Wildman–Crippen MR) is 114 cm³/mol. The van der Waals surface area contributed by atoms with Gasteiger partial charge in [-0.3, -0.25) is 9.80 Å². The summed E-state index contributed by atoms with van der Waals surface area (Å²) in [6.07, 6.45) is 0. The third-order valence-electron chi connectivity index (χ3n) is 4.80. The molecule has 2 nitrogen and oxygen atoms in total. The molecule has 27 heavy (non-hydrogen) atoms. The summed E-state index contributed by atoms with van der Waals surface area (Å²) in [6.45, 7) is 19.6. The van der Waals surface area contributed by atoms with Crippen LogP contribution in [-0.4, -0.2) is 22.9 Å². The molecule has 2 aromatic carbocycles. The van der Waals surface area contributed by atoms with Gasteiger partial charge in [0.2, 0.25) is 0 Å². The Hall–Kier alpha value is -1.64. The van der Waals surface area contributed by atoms with Crippen LogP contribution in [0.5, 0.6) is 0 Å². The van der Waals surface area contributed by atoms with E-state index in [9.17, 15) is 0 Å². The molecule has 0 unspecified atom stereocenters. The van der Waals surface area contributed by atoms with Crippen molar-refractivity contribution in [2.75, 3.05) is 13.1 Å². The summed E-state index contributed by atoms with van der Waals surface area (Å²) in [6, 6.07) is 22.4. The van der Waals surface area contributed by atoms with Crippen LogP contribution in [0, 0.1) is 17.5 Å². The molecule has 1 saturated heterocycles. The second kappa shape index (κ2) is 7.77. The lowest BCUT2D eigenvalue weighted by Gasteiger charge is -2.33. The fourth-order valence-electron chi connectivity index (χ4n) is 3.94. The van der Waals surface area contributed by atoms with Crippen LogP contribution in [0.3, 0.4) is 0 Å². The van der Waals surface area contributed by atoms with Crippen LogP contribution < -0.4 is 0 Å². The maximum absolute atomic E-state index is 3.77. The topological polar surface area (TPSA) is 6.48 Å². The largest absolute Gasteiger partial charge is 0.270 e. The smallest absolute Gasteiger partial charge is 0.147 e. The van der Waals surface area contributed by atoms with Crippen LogP contribution in [0.4, 0.5) is 0 Å². The average Bonchev–Trinajstić information content (AvgIpc) is 2.90. The molecule has 2 heteroatoms. The van der Waals surface area contributed by atoms with Crippen molar-refractivity contribution >= 4 is 0 Å². The molecule has 1 heterocycles. The van der Waals surface area contributed by atoms with E-state index < -0.39 is 0 Å². The van der Waals surface area contributed by atoms with Crippen molar-refractivity contribution in [2.45, 2.75) is 53.6 Å². The molecule has 2 radical (unpaired) electrons. The summed E-state index contributed by atoms with van der Waals surface area (Å²) in [4.78, 5) is 4.89. The third-order valence-corrected chi connectivity index (χ3v) is 4.80. The van der Waals surface area contributed by atoms with Crippen LogP contribution in [0.15, 0.2) is 60.7 Å². The fraction of sp³-hybridized carbons (Fsp3) is 0.480. The van der Waals surface area contributed by atoms with Crippen molar-refractivity contribution in [3.8, 4) is 0 Å². The van der Waals surface area contributed by atoms with Gasteiger partial charge >= 0.3 is 0 Å². The van der Waals surface area contributed by atoms with Crippen molar-refractivity contribution in [2.24, 2.45) is 10.8 Å². The molecule has 0 aliphatic carbocycles. The molecule has 0 N–H and O–H groups in total. The zero-order valence-electron chi connectivity index (χ0n) is 17.7. The highest BCUT2D eigenvalue weighted by atomic mass is 15.4. The van der Waals surface area contributed by atoms with Crippen LogP contribution >= 0.6 is 0 Å². The quantitative estimate of drug-likeness (QED) is 0.641. The minimum absolute atomic E-state index is 0.207. The summed E-state index contributed by atoms with van der Waals surface area (Å²) in [5.74, 6) is 0. The van der Waals surface area contributed by atoms with Crippen molar-refractivity contribution in [3.05, 3.63) is 78.5 Å². The summed E-state index contributed by atoms with van der Waals surface area (Å²) in [5.41, 5.74) is 3.14. The van der Waals surface area contributed by atoms with Gasteiger partial charge in [0.05, 0.1) is 12.1 Å². The molecule has 0 bridgehead atoms. The van der Waals surface area contributed by atoms with Gasteiger partial charge in [-0.2, -0.15) is 0 Å². The zero-order valence-corrected chi connectivity index (χ0v) is 17.7. The van der Waals surface area contributed by atoms with Gasteiger partial charge in [0.1, 0.15) is 6.67 Å². The standard InChI is InChI=1S/C25H34N2/c1-24(2,3)17-26-19-27(18-25(4,5)6)23(21-15-11-8-12-16-21)22(26)20-13-9-7-10-14-20/h7-16,22-23H,17-18H2,1-6H3/t22-,23-/m0/s1. The van der Waals surface area contributed by atoms with Gasteiger partial charge in [0.15, 0.2) is 0 Å². The van der Waals surface area contributed by atoms with E-state index in [1.165, 1.54) is 11.1 Å². The van der Waals surface area contributed by atoms with Gasteiger partial charge < -0.3 is 0 Å². The van der Waals surface area contributed by atoms with Gasteiger partial charge in [-0.15, -0.1) is 0 Å². The molecule has 2 aromatic rings. The highest BCUT2D eigenvalue weighted by Gasteiger charge is 2.44. The minimum atomic E-state index is 0.207. The molecular weight excluding hydrogens is 328 g/mol. The predicted octanol–water partition coefficient (Wildman–Crippen LogP) is 6.18. The summed E-state index contributed by atoms with van der Waals surface area (Å²) >= 11 is 0. The van der Waals surface area contributed by atoms with Gasteiger partial charge in [-0.25, -0.2) is 0 Å². The lowest BCUT2D eigenvalue weighted by Crippen LogP contribution is -2.32. The van der Waals surface area contributed by atoms with Crippen molar-refractivity contribution in [1.82, 2.24) is 9.80 Å². The van der Waals surface area contributed by atoms with Crippen LogP contribution in [0.2, 0.25) is 0 Å². The number of benzene rings is 2. The molecule has 1 fully saturated rings. The Morgan fingerprint density at radius 3 is 1.26 bits per heavy atom. The number of hydrogen-bond acceptors (Lipinski definition) is 2. The van der Waals surface area contributed by atoms with E-state index in [2.05, 4.69) is 119 Å². The molecule has 0 spiro atoms. The van der Waals surface area contributed by atoms with Crippen LogP contribution in [0.1, 0.15) is 64.8 Å². The first-order valence-corrected chi connectivity index (χ1v) is 10.0. The Bertz CT molecular complexity index is 646. The van der Waals surface area contributed by atoms with Crippen LogP contribution in [-0.2, 0) is 0 Å². The highest BCUT2D eigenvalue weighted by Crippen LogP contribution is 2.47. The molecule has 3 rings (SSSR count). The summed E-state index contributed by atoms with van der Waals surface area (Å²) in [7, 11) is 0. The molecule has 1 aliphatic heterocycles. The Morgan fingerprint density at radius 1 is 0.630 bits per heavy atom. The van der Waals surface area contributed by atoms with E-state index in [-0.39, 0.29) is 22.9 Å². The average molecular weight is 363 g/mol. The molecule has 0 aromatic heterocycles. The van der Waals surface area contributed by atoms with Gasteiger partial charge in [-0.1, -0.05) is 102 Å². The first kappa shape index (κ1) is 20.1. The van der Waals surface area contributed by atoms with E-state index in [1.54, 1.807) is 0 Å². The molecule has 0 amide bonds. The normalized spacial score (nSPS) is 22.3. The lowest BCUT2D eigenvalue weighted by molar-refractivity contribution is 0.192. The monoisotopic (exact) mass is 362 g/mol. The third kappa shape index (κ3) is 5.21. The fourth-order valence-corrected chi connectivity index (χ4v) is 3.94. The SMILES string of the molecule is CC(C)(C)CN1[C]N(CC(C)(C)C)[C@@H](c2ccccc2)[C@@H]1c1ccccc1. The first-order chi connectivity index (χ1) is 12.6. The van der Waals surface area contributed by atoms with Crippen LogP contribution in [0.25, 0.3) is 0 Å². The Morgan fingerprint density at radius 2 is 0.963 bits per heavy atom. The molecule has 0 saturated carbocycles. The Kier molecular flexibility index (Phi) is 5.79. The molecule has 1 aliphatic rings. The summed E-state index contributed by atoms with van der Waals surface area (Å²) < 4.78 is 0. The van der Waals surface area contributed by atoms with Crippen molar-refractivity contribution in [1.29, 1.82) is 0 Å². The Balaban J connectivity index is 2.05. The van der Waals surface area contributed by atoms with E-state index in [4.69, 9.17) is 0 Å². The maximum Gasteiger partial charge on any atom is 0.147 e. The molecule has 144 valence electrons. The summed E-state index contributed by atoms with van der Waals surface area (Å²) in [5, 5.41) is 0. The molecule has 2 atom stereocenters. The Labute approximate surface area is 166 Å². The van der Waals surface area contributed by atoms with Gasteiger partial charge in [0, 0.05) is 13.1 Å². The van der Waals surface area contributed by atoms with Gasteiger partial charge in [0.25, 0.3) is 0 Å². The number of nitrogens with zero attached hydrogens (tertiary/aromatic N) is 2. The van der Waals surface area contributed by atoms with E-state index in [1.807, 2.05) is 0 Å². The zero-order chi connectivity index (χ0) is 19.7. The van der Waals surface area contributed by atoms with E-state index in [0.29, 0.717) is 0 Å². The minimum Gasteiger partial charge on any atom is -0.270 e. The first-order valence-electron chi connectivity index (χ1n) is 10.0. The van der Waals surface area contributed by atoms with Crippen molar-refractivity contribution < 1.29 is 0 Å².